The fraction of sp³-hybridized carbons (Fsp3) is 0.647. The molecule has 0 aliphatic heterocycles. The smallest absolute Gasteiger partial charge is 0.0438 e. The molecule has 0 spiro atoms. The Morgan fingerprint density at radius 2 is 1.79 bits per heavy atom. The fourth-order valence-corrected chi connectivity index (χ4v) is 2.71. The molecule has 0 aromatic heterocycles. The molecule has 0 aliphatic carbocycles. The normalized spacial score (nSPS) is 14.3. The lowest BCUT2D eigenvalue weighted by atomic mass is 10.0. The molecule has 0 saturated heterocycles. The quantitative estimate of drug-likeness (QED) is 0.612. The Bertz CT molecular complexity index is 351. The van der Waals surface area contributed by atoms with E-state index in [2.05, 4.69) is 38.2 Å². The number of unbranched alkanes of at least 4 members (excludes halogenated alkanes) is 3. The third-order valence-corrected chi connectivity index (χ3v) is 3.91. The molecule has 1 rings (SSSR count). The van der Waals surface area contributed by atoms with Crippen molar-refractivity contribution < 1.29 is 0 Å². The molecule has 2 heteroatoms. The van der Waals surface area contributed by atoms with E-state index in [9.17, 15) is 0 Å². The van der Waals surface area contributed by atoms with Gasteiger partial charge >= 0.3 is 0 Å². The van der Waals surface area contributed by atoms with E-state index in [-0.39, 0.29) is 0 Å². The van der Waals surface area contributed by atoms with Crippen LogP contribution in [-0.2, 0) is 6.42 Å². The van der Waals surface area contributed by atoms with Crippen molar-refractivity contribution in [3.63, 3.8) is 0 Å². The predicted octanol–water partition coefficient (Wildman–Crippen LogP) is 5.22. The fourth-order valence-electron chi connectivity index (χ4n) is 2.50. The third-order valence-electron chi connectivity index (χ3n) is 3.54. The van der Waals surface area contributed by atoms with E-state index in [1.165, 1.54) is 37.7 Å². The van der Waals surface area contributed by atoms with Gasteiger partial charge in [0.25, 0.3) is 0 Å². The van der Waals surface area contributed by atoms with Crippen molar-refractivity contribution in [2.75, 3.05) is 0 Å². The average molecular weight is 282 g/mol. The van der Waals surface area contributed by atoms with Crippen molar-refractivity contribution in [1.29, 1.82) is 0 Å². The molecule has 19 heavy (non-hydrogen) atoms. The molecule has 0 saturated carbocycles. The molecular formula is C17H28ClN. The van der Waals surface area contributed by atoms with Gasteiger partial charge in [-0.3, -0.25) is 0 Å². The van der Waals surface area contributed by atoms with Gasteiger partial charge in [-0.25, -0.2) is 0 Å². The van der Waals surface area contributed by atoms with Gasteiger partial charge in [-0.1, -0.05) is 62.4 Å². The average Bonchev–Trinajstić information content (AvgIpc) is 2.37. The minimum atomic E-state index is 0.473. The van der Waals surface area contributed by atoms with Gasteiger partial charge in [0.2, 0.25) is 0 Å². The Hall–Kier alpha value is -0.530. The maximum Gasteiger partial charge on any atom is 0.0438 e. The van der Waals surface area contributed by atoms with Crippen LogP contribution in [0.25, 0.3) is 0 Å². The van der Waals surface area contributed by atoms with Gasteiger partial charge in [-0.05, 0) is 38.3 Å². The summed E-state index contributed by atoms with van der Waals surface area (Å²) in [5.41, 5.74) is 1.24. The second-order valence-electron chi connectivity index (χ2n) is 5.61. The van der Waals surface area contributed by atoms with Gasteiger partial charge in [0.05, 0.1) is 0 Å². The molecule has 1 aromatic rings. The van der Waals surface area contributed by atoms with E-state index in [1.54, 1.807) is 0 Å². The monoisotopic (exact) mass is 281 g/mol. The van der Waals surface area contributed by atoms with Gasteiger partial charge < -0.3 is 5.32 Å². The van der Waals surface area contributed by atoms with Crippen molar-refractivity contribution in [3.8, 4) is 0 Å². The van der Waals surface area contributed by atoms with Crippen LogP contribution in [0, 0.1) is 0 Å². The number of hydrogen-bond acceptors (Lipinski definition) is 1. The zero-order valence-electron chi connectivity index (χ0n) is 12.6. The number of hydrogen-bond donors (Lipinski definition) is 1. The van der Waals surface area contributed by atoms with Crippen LogP contribution in [0.2, 0.25) is 5.02 Å². The zero-order valence-corrected chi connectivity index (χ0v) is 13.3. The standard InChI is InChI=1S/C17H28ClN/c1-4-5-6-7-10-14(2)19-15(3)13-16-11-8-9-12-17(16)18/h8-9,11-12,14-15,19H,4-7,10,13H2,1-3H3. The minimum Gasteiger partial charge on any atom is -0.311 e. The summed E-state index contributed by atoms with van der Waals surface area (Å²) in [4.78, 5) is 0. The van der Waals surface area contributed by atoms with Crippen LogP contribution in [0.4, 0.5) is 0 Å². The van der Waals surface area contributed by atoms with Gasteiger partial charge in [0.15, 0.2) is 0 Å². The molecule has 0 fully saturated rings. The Morgan fingerprint density at radius 3 is 2.47 bits per heavy atom. The molecule has 0 bridgehead atoms. The van der Waals surface area contributed by atoms with Gasteiger partial charge in [-0.15, -0.1) is 0 Å². The zero-order chi connectivity index (χ0) is 14.1. The molecule has 1 nitrogen and oxygen atoms in total. The largest absolute Gasteiger partial charge is 0.311 e. The van der Waals surface area contributed by atoms with Crippen LogP contribution >= 0.6 is 11.6 Å². The highest BCUT2D eigenvalue weighted by Crippen LogP contribution is 2.17. The highest BCUT2D eigenvalue weighted by Gasteiger charge is 2.09. The summed E-state index contributed by atoms with van der Waals surface area (Å²) < 4.78 is 0. The Balaban J connectivity index is 2.26. The van der Waals surface area contributed by atoms with E-state index < -0.39 is 0 Å². The molecule has 0 aliphatic rings. The number of halogens is 1. The summed E-state index contributed by atoms with van der Waals surface area (Å²) in [6, 6.07) is 9.20. The van der Waals surface area contributed by atoms with E-state index in [4.69, 9.17) is 11.6 Å². The van der Waals surface area contributed by atoms with E-state index in [0.29, 0.717) is 12.1 Å². The maximum atomic E-state index is 6.20. The first-order valence-electron chi connectivity index (χ1n) is 7.63. The maximum absolute atomic E-state index is 6.20. The van der Waals surface area contributed by atoms with Gasteiger partial charge in [0, 0.05) is 17.1 Å². The molecule has 0 radical (unpaired) electrons. The third kappa shape index (κ3) is 6.98. The van der Waals surface area contributed by atoms with Crippen molar-refractivity contribution >= 4 is 11.6 Å². The van der Waals surface area contributed by atoms with Crippen LogP contribution in [0.1, 0.15) is 58.4 Å². The molecule has 2 atom stereocenters. The second-order valence-corrected chi connectivity index (χ2v) is 6.02. The van der Waals surface area contributed by atoms with E-state index in [0.717, 1.165) is 11.4 Å². The van der Waals surface area contributed by atoms with E-state index >= 15 is 0 Å². The number of nitrogens with one attached hydrogen (secondary N) is 1. The molecule has 1 aromatic carbocycles. The molecule has 0 amide bonds. The SMILES string of the molecule is CCCCCCC(C)NC(C)Cc1ccccc1Cl. The molecule has 0 heterocycles. The first kappa shape index (κ1) is 16.5. The first-order valence-corrected chi connectivity index (χ1v) is 8.00. The molecule has 108 valence electrons. The molecule has 1 N–H and O–H groups in total. The predicted molar refractivity (Wildman–Crippen MR) is 86.0 cm³/mol. The molecule has 2 unspecified atom stereocenters. The highest BCUT2D eigenvalue weighted by molar-refractivity contribution is 6.31. The van der Waals surface area contributed by atoms with Crippen molar-refractivity contribution in [3.05, 3.63) is 34.9 Å². The lowest BCUT2D eigenvalue weighted by molar-refractivity contribution is 0.428. The van der Waals surface area contributed by atoms with Crippen LogP contribution in [0.3, 0.4) is 0 Å². The van der Waals surface area contributed by atoms with Crippen LogP contribution in [-0.4, -0.2) is 12.1 Å². The summed E-state index contributed by atoms with van der Waals surface area (Å²) in [6.07, 6.45) is 7.64. The summed E-state index contributed by atoms with van der Waals surface area (Å²) in [5.74, 6) is 0. The topological polar surface area (TPSA) is 12.0 Å². The van der Waals surface area contributed by atoms with Crippen LogP contribution < -0.4 is 5.32 Å². The molecular weight excluding hydrogens is 254 g/mol. The number of benzene rings is 1. The Labute approximate surface area is 123 Å². The van der Waals surface area contributed by atoms with Crippen molar-refractivity contribution in [1.82, 2.24) is 5.32 Å². The van der Waals surface area contributed by atoms with Gasteiger partial charge in [-0.2, -0.15) is 0 Å². The summed E-state index contributed by atoms with van der Waals surface area (Å²) >= 11 is 6.20. The van der Waals surface area contributed by atoms with E-state index in [1.807, 2.05) is 12.1 Å². The van der Waals surface area contributed by atoms with Crippen molar-refractivity contribution in [2.45, 2.75) is 71.4 Å². The lowest BCUT2D eigenvalue weighted by Gasteiger charge is -2.20. The Morgan fingerprint density at radius 1 is 1.05 bits per heavy atom. The number of rotatable bonds is 9. The van der Waals surface area contributed by atoms with Crippen molar-refractivity contribution in [2.24, 2.45) is 0 Å². The second kappa shape index (κ2) is 9.39. The van der Waals surface area contributed by atoms with Crippen LogP contribution in [0.15, 0.2) is 24.3 Å². The summed E-state index contributed by atoms with van der Waals surface area (Å²) in [7, 11) is 0. The highest BCUT2D eigenvalue weighted by atomic mass is 35.5. The minimum absolute atomic E-state index is 0.473. The van der Waals surface area contributed by atoms with Gasteiger partial charge in [0.1, 0.15) is 0 Å². The first-order chi connectivity index (χ1) is 9.13. The summed E-state index contributed by atoms with van der Waals surface area (Å²) in [6.45, 7) is 6.79. The lowest BCUT2D eigenvalue weighted by Crippen LogP contribution is -2.35. The van der Waals surface area contributed by atoms with Crippen LogP contribution in [0.5, 0.6) is 0 Å². The Kier molecular flexibility index (Phi) is 8.16. The summed E-state index contributed by atoms with van der Waals surface area (Å²) in [5, 5.41) is 4.56.